The summed E-state index contributed by atoms with van der Waals surface area (Å²) in [4.78, 5) is 27.5. The van der Waals surface area contributed by atoms with Crippen molar-refractivity contribution >= 4 is 0 Å². The average molecular weight is 264 g/mol. The monoisotopic (exact) mass is 264 g/mol. The third kappa shape index (κ3) is 4.07. The van der Waals surface area contributed by atoms with Crippen LogP contribution in [-0.4, -0.2) is 35.1 Å². The third-order valence-electron chi connectivity index (χ3n) is 2.80. The van der Waals surface area contributed by atoms with Gasteiger partial charge >= 0.3 is 5.69 Å². The fourth-order valence-electron chi connectivity index (χ4n) is 2.08. The third-order valence-corrected chi connectivity index (χ3v) is 2.80. The average Bonchev–Trinajstić information content (AvgIpc) is 2.27. The standard InChI is InChI=1S/C13H20N4O2/c1-9(2)5-11(8-16(3)4)17-7-10(6-14)12(18)15-13(17)19/h7,9,11H,5,8H2,1-4H3,(H,15,18,19). The number of rotatable bonds is 5. The summed E-state index contributed by atoms with van der Waals surface area (Å²) in [6.07, 6.45) is 2.16. The molecule has 0 bridgehead atoms. The highest BCUT2D eigenvalue weighted by Gasteiger charge is 2.17. The minimum Gasteiger partial charge on any atom is -0.307 e. The van der Waals surface area contributed by atoms with Gasteiger partial charge < -0.3 is 4.90 Å². The quantitative estimate of drug-likeness (QED) is 0.842. The zero-order valence-corrected chi connectivity index (χ0v) is 11.8. The number of aromatic nitrogens is 2. The van der Waals surface area contributed by atoms with Gasteiger partial charge in [0.05, 0.1) is 6.04 Å². The minimum absolute atomic E-state index is 0.0351. The summed E-state index contributed by atoms with van der Waals surface area (Å²) in [6, 6.07) is 1.74. The molecule has 6 nitrogen and oxygen atoms in total. The Labute approximate surface area is 112 Å². The van der Waals surface area contributed by atoms with Gasteiger partial charge in [-0.05, 0) is 26.4 Å². The van der Waals surface area contributed by atoms with Crippen LogP contribution in [0, 0.1) is 17.2 Å². The van der Waals surface area contributed by atoms with Crippen molar-refractivity contribution in [2.45, 2.75) is 26.3 Å². The van der Waals surface area contributed by atoms with Crippen LogP contribution in [0.5, 0.6) is 0 Å². The Morgan fingerprint density at radius 2 is 2.05 bits per heavy atom. The van der Waals surface area contributed by atoms with Crippen LogP contribution in [0.4, 0.5) is 0 Å². The maximum atomic E-state index is 11.9. The Bertz CT molecular complexity index is 568. The molecule has 0 aliphatic rings. The van der Waals surface area contributed by atoms with Crippen molar-refractivity contribution in [2.75, 3.05) is 20.6 Å². The van der Waals surface area contributed by atoms with Gasteiger partial charge in [-0.1, -0.05) is 13.8 Å². The molecule has 0 saturated carbocycles. The number of nitrogens with zero attached hydrogens (tertiary/aromatic N) is 3. The largest absolute Gasteiger partial charge is 0.328 e. The summed E-state index contributed by atoms with van der Waals surface area (Å²) >= 11 is 0. The number of aromatic amines is 1. The molecule has 1 atom stereocenters. The molecule has 6 heteroatoms. The molecular formula is C13H20N4O2. The maximum absolute atomic E-state index is 11.9. The van der Waals surface area contributed by atoms with Crippen LogP contribution in [0.15, 0.2) is 15.8 Å². The van der Waals surface area contributed by atoms with Gasteiger partial charge in [0, 0.05) is 12.7 Å². The molecule has 1 N–H and O–H groups in total. The summed E-state index contributed by atoms with van der Waals surface area (Å²) in [5, 5.41) is 8.88. The Balaban J connectivity index is 3.25. The smallest absolute Gasteiger partial charge is 0.307 e. The SMILES string of the molecule is CC(C)CC(CN(C)C)n1cc(C#N)c(=O)[nH]c1=O. The zero-order chi connectivity index (χ0) is 14.6. The summed E-state index contributed by atoms with van der Waals surface area (Å²) in [6.45, 7) is 4.82. The van der Waals surface area contributed by atoms with E-state index in [2.05, 4.69) is 18.8 Å². The van der Waals surface area contributed by atoms with Crippen molar-refractivity contribution in [1.82, 2.24) is 14.5 Å². The van der Waals surface area contributed by atoms with Gasteiger partial charge in [0.2, 0.25) is 0 Å². The Morgan fingerprint density at radius 3 is 2.53 bits per heavy atom. The van der Waals surface area contributed by atoms with E-state index >= 15 is 0 Å². The van der Waals surface area contributed by atoms with E-state index in [0.29, 0.717) is 12.5 Å². The van der Waals surface area contributed by atoms with Crippen molar-refractivity contribution in [2.24, 2.45) is 5.92 Å². The zero-order valence-electron chi connectivity index (χ0n) is 11.8. The topological polar surface area (TPSA) is 81.9 Å². The molecule has 1 rings (SSSR count). The predicted molar refractivity (Wildman–Crippen MR) is 73.1 cm³/mol. The van der Waals surface area contributed by atoms with Gasteiger partial charge in [-0.2, -0.15) is 5.26 Å². The number of H-pyrrole nitrogens is 1. The highest BCUT2D eigenvalue weighted by molar-refractivity contribution is 5.21. The predicted octanol–water partition coefficient (Wildman–Crippen LogP) is 0.557. The summed E-state index contributed by atoms with van der Waals surface area (Å²) in [5.74, 6) is 0.411. The lowest BCUT2D eigenvalue weighted by Gasteiger charge is -2.24. The summed E-state index contributed by atoms with van der Waals surface area (Å²) < 4.78 is 1.46. The fourth-order valence-corrected chi connectivity index (χ4v) is 2.08. The van der Waals surface area contributed by atoms with Gasteiger partial charge in [-0.3, -0.25) is 14.3 Å². The molecule has 1 unspecified atom stereocenters. The molecule has 0 aliphatic carbocycles. The van der Waals surface area contributed by atoms with E-state index in [1.54, 1.807) is 0 Å². The first kappa shape index (κ1) is 15.2. The second-order valence-corrected chi connectivity index (χ2v) is 5.37. The highest BCUT2D eigenvalue weighted by Crippen LogP contribution is 2.16. The molecule has 1 aromatic heterocycles. The molecule has 0 radical (unpaired) electrons. The highest BCUT2D eigenvalue weighted by atomic mass is 16.2. The lowest BCUT2D eigenvalue weighted by molar-refractivity contribution is 0.281. The van der Waals surface area contributed by atoms with E-state index in [1.165, 1.54) is 10.8 Å². The summed E-state index contributed by atoms with van der Waals surface area (Å²) in [7, 11) is 3.85. The molecule has 19 heavy (non-hydrogen) atoms. The first-order valence-corrected chi connectivity index (χ1v) is 6.25. The molecule has 1 aromatic rings. The van der Waals surface area contributed by atoms with Crippen LogP contribution in [-0.2, 0) is 0 Å². The Kier molecular flexibility index (Phi) is 5.07. The Morgan fingerprint density at radius 1 is 1.42 bits per heavy atom. The van der Waals surface area contributed by atoms with Crippen LogP contribution in [0.1, 0.15) is 31.9 Å². The van der Waals surface area contributed by atoms with Crippen LogP contribution in [0.2, 0.25) is 0 Å². The normalized spacial score (nSPS) is 12.7. The molecule has 1 heterocycles. The number of likely N-dealkylation sites (N-methyl/N-ethyl adjacent to an activating group) is 1. The Hall–Kier alpha value is -1.87. The molecule has 0 spiro atoms. The lowest BCUT2D eigenvalue weighted by atomic mass is 10.0. The molecular weight excluding hydrogens is 244 g/mol. The molecule has 104 valence electrons. The van der Waals surface area contributed by atoms with Crippen molar-refractivity contribution in [3.63, 3.8) is 0 Å². The summed E-state index contributed by atoms with van der Waals surface area (Å²) in [5.41, 5.74) is -1.12. The van der Waals surface area contributed by atoms with Crippen LogP contribution in [0.25, 0.3) is 0 Å². The first-order valence-electron chi connectivity index (χ1n) is 6.25. The van der Waals surface area contributed by atoms with Crippen LogP contribution < -0.4 is 11.2 Å². The van der Waals surface area contributed by atoms with Gasteiger partial charge in [0.15, 0.2) is 0 Å². The fraction of sp³-hybridized carbons (Fsp3) is 0.615. The van der Waals surface area contributed by atoms with Gasteiger partial charge in [-0.25, -0.2) is 4.79 Å². The van der Waals surface area contributed by atoms with E-state index in [9.17, 15) is 9.59 Å². The van der Waals surface area contributed by atoms with Crippen LogP contribution >= 0.6 is 0 Å². The first-order chi connectivity index (χ1) is 8.85. The maximum Gasteiger partial charge on any atom is 0.328 e. The van der Waals surface area contributed by atoms with E-state index < -0.39 is 11.2 Å². The molecule has 0 fully saturated rings. The van der Waals surface area contributed by atoms with Gasteiger partial charge in [0.1, 0.15) is 11.6 Å². The van der Waals surface area contributed by atoms with E-state index in [-0.39, 0.29) is 11.6 Å². The molecule has 0 amide bonds. The number of hydrogen-bond acceptors (Lipinski definition) is 4. The molecule has 0 aliphatic heterocycles. The number of nitrogens with one attached hydrogen (secondary N) is 1. The van der Waals surface area contributed by atoms with Crippen molar-refractivity contribution in [3.05, 3.63) is 32.6 Å². The van der Waals surface area contributed by atoms with Gasteiger partial charge in [0.25, 0.3) is 5.56 Å². The second kappa shape index (κ2) is 6.34. The number of hydrogen-bond donors (Lipinski definition) is 1. The van der Waals surface area contributed by atoms with Crippen molar-refractivity contribution in [3.8, 4) is 6.07 Å². The van der Waals surface area contributed by atoms with Gasteiger partial charge in [-0.15, -0.1) is 0 Å². The van der Waals surface area contributed by atoms with Crippen molar-refractivity contribution in [1.29, 1.82) is 5.26 Å². The molecule has 0 aromatic carbocycles. The lowest BCUT2D eigenvalue weighted by Crippen LogP contribution is -2.37. The van der Waals surface area contributed by atoms with E-state index in [4.69, 9.17) is 5.26 Å². The minimum atomic E-state index is -0.628. The van der Waals surface area contributed by atoms with Crippen molar-refractivity contribution < 1.29 is 0 Å². The van der Waals surface area contributed by atoms with Crippen LogP contribution in [0.3, 0.4) is 0 Å². The van der Waals surface area contributed by atoms with E-state index in [1.807, 2.05) is 25.1 Å². The number of nitriles is 1. The molecule has 0 saturated heterocycles. The van der Waals surface area contributed by atoms with E-state index in [0.717, 1.165) is 6.42 Å². The second-order valence-electron chi connectivity index (χ2n) is 5.37.